The van der Waals surface area contributed by atoms with Crippen molar-refractivity contribution in [3.8, 4) is 0 Å². The Balaban J connectivity index is 1.68. The van der Waals surface area contributed by atoms with Crippen molar-refractivity contribution < 1.29 is 4.79 Å². The van der Waals surface area contributed by atoms with Gasteiger partial charge >= 0.3 is 0 Å². The predicted molar refractivity (Wildman–Crippen MR) is 95.7 cm³/mol. The minimum Gasteiger partial charge on any atom is -0.352 e. The molecule has 1 aromatic carbocycles. The van der Waals surface area contributed by atoms with Gasteiger partial charge in [-0.25, -0.2) is 0 Å². The largest absolute Gasteiger partial charge is 0.352 e. The molecule has 0 aromatic heterocycles. The summed E-state index contributed by atoms with van der Waals surface area (Å²) in [6.45, 7) is 3.58. The zero-order valence-electron chi connectivity index (χ0n) is 14.2. The van der Waals surface area contributed by atoms with Crippen molar-refractivity contribution in [3.63, 3.8) is 0 Å². The fraction of sp³-hybridized carbons (Fsp3) is 0.611. The lowest BCUT2D eigenvalue weighted by Crippen LogP contribution is -2.33. The molecule has 4 nitrogen and oxygen atoms in total. The smallest absolute Gasteiger partial charge is 0.221 e. The van der Waals surface area contributed by atoms with Crippen molar-refractivity contribution in [1.29, 1.82) is 0 Å². The minimum atomic E-state index is 0.110. The second-order valence-corrected chi connectivity index (χ2v) is 6.98. The monoisotopic (exact) mass is 337 g/mol. The Morgan fingerprint density at radius 2 is 2.17 bits per heavy atom. The summed E-state index contributed by atoms with van der Waals surface area (Å²) in [6, 6.07) is 8.28. The number of amides is 1. The number of nitrogens with zero attached hydrogens (tertiary/aromatic N) is 2. The van der Waals surface area contributed by atoms with Crippen LogP contribution in [0.5, 0.6) is 0 Å². The first kappa shape index (κ1) is 18.2. The topological polar surface area (TPSA) is 35.6 Å². The average molecular weight is 338 g/mol. The van der Waals surface area contributed by atoms with E-state index in [1.54, 1.807) is 0 Å². The molecule has 1 amide bonds. The van der Waals surface area contributed by atoms with Crippen molar-refractivity contribution in [2.75, 3.05) is 33.7 Å². The Morgan fingerprint density at radius 1 is 1.35 bits per heavy atom. The van der Waals surface area contributed by atoms with E-state index in [2.05, 4.69) is 29.2 Å². The maximum absolute atomic E-state index is 12.0. The van der Waals surface area contributed by atoms with Gasteiger partial charge in [0.05, 0.1) is 0 Å². The average Bonchev–Trinajstić information content (AvgIpc) is 2.77. The first-order chi connectivity index (χ1) is 11.0. The van der Waals surface area contributed by atoms with Crippen LogP contribution in [0.15, 0.2) is 24.3 Å². The molecule has 128 valence electrons. The molecule has 0 saturated carbocycles. The van der Waals surface area contributed by atoms with E-state index < -0.39 is 0 Å². The van der Waals surface area contributed by atoms with Gasteiger partial charge in [0.1, 0.15) is 0 Å². The van der Waals surface area contributed by atoms with Crippen LogP contribution in [0.4, 0.5) is 0 Å². The third-order valence-corrected chi connectivity index (χ3v) is 4.79. The van der Waals surface area contributed by atoms with Gasteiger partial charge in [-0.05, 0) is 64.1 Å². The maximum Gasteiger partial charge on any atom is 0.221 e. The minimum absolute atomic E-state index is 0.110. The first-order valence-corrected chi connectivity index (χ1v) is 8.82. The third kappa shape index (κ3) is 6.50. The second kappa shape index (κ2) is 9.26. The molecule has 1 fully saturated rings. The first-order valence-electron chi connectivity index (χ1n) is 8.44. The van der Waals surface area contributed by atoms with E-state index in [9.17, 15) is 4.79 Å². The van der Waals surface area contributed by atoms with Gasteiger partial charge in [0, 0.05) is 30.6 Å². The van der Waals surface area contributed by atoms with Gasteiger partial charge < -0.3 is 15.1 Å². The molecule has 1 atom stereocenters. The van der Waals surface area contributed by atoms with Crippen LogP contribution < -0.4 is 5.32 Å². The van der Waals surface area contributed by atoms with Gasteiger partial charge in [-0.1, -0.05) is 23.7 Å². The maximum atomic E-state index is 12.0. The summed E-state index contributed by atoms with van der Waals surface area (Å²) in [5.41, 5.74) is 1.04. The number of halogens is 1. The molecule has 1 unspecified atom stereocenters. The van der Waals surface area contributed by atoms with Crippen LogP contribution in [0, 0.1) is 0 Å². The van der Waals surface area contributed by atoms with Crippen LogP contribution in [0.1, 0.15) is 31.2 Å². The van der Waals surface area contributed by atoms with E-state index >= 15 is 0 Å². The Kier molecular flexibility index (Phi) is 7.34. The fourth-order valence-corrected chi connectivity index (χ4v) is 3.29. The Bertz CT molecular complexity index is 507. The van der Waals surface area contributed by atoms with Crippen LogP contribution in [0.2, 0.25) is 5.02 Å². The van der Waals surface area contributed by atoms with Crippen molar-refractivity contribution in [2.45, 2.75) is 38.3 Å². The third-order valence-electron chi connectivity index (χ3n) is 4.55. The molecule has 0 spiro atoms. The van der Waals surface area contributed by atoms with E-state index in [4.69, 9.17) is 11.6 Å². The molecule has 0 aliphatic carbocycles. The summed E-state index contributed by atoms with van der Waals surface area (Å²) in [6.07, 6.45) is 4.22. The molecule has 1 aromatic rings. The Labute approximate surface area is 144 Å². The standard InChI is InChI=1S/C18H28ClN3O/c1-21(2)17-7-4-10-22(11-8-17)12-9-18(23)20-14-15-5-3-6-16(19)13-15/h3,5-6,13,17H,4,7-12,14H2,1-2H3,(H,20,23). The zero-order valence-corrected chi connectivity index (χ0v) is 15.0. The van der Waals surface area contributed by atoms with Crippen molar-refractivity contribution in [2.24, 2.45) is 0 Å². The fourth-order valence-electron chi connectivity index (χ4n) is 3.07. The number of likely N-dealkylation sites (tertiary alicyclic amines) is 1. The lowest BCUT2D eigenvalue weighted by Gasteiger charge is -2.23. The normalized spacial score (nSPS) is 19.6. The van der Waals surface area contributed by atoms with E-state index in [0.29, 0.717) is 24.0 Å². The molecule has 1 saturated heterocycles. The highest BCUT2D eigenvalue weighted by molar-refractivity contribution is 6.30. The van der Waals surface area contributed by atoms with Crippen LogP contribution in [-0.4, -0.2) is 55.5 Å². The second-order valence-electron chi connectivity index (χ2n) is 6.55. The number of nitrogens with one attached hydrogen (secondary N) is 1. The SMILES string of the molecule is CN(C)C1CCCN(CCC(=O)NCc2cccc(Cl)c2)CC1. The summed E-state index contributed by atoms with van der Waals surface area (Å²) >= 11 is 5.95. The van der Waals surface area contributed by atoms with Gasteiger partial charge in [0.25, 0.3) is 0 Å². The molecular formula is C18H28ClN3O. The van der Waals surface area contributed by atoms with E-state index in [0.717, 1.165) is 25.2 Å². The lowest BCUT2D eigenvalue weighted by atomic mass is 10.1. The summed E-state index contributed by atoms with van der Waals surface area (Å²) in [7, 11) is 4.31. The Morgan fingerprint density at radius 3 is 2.91 bits per heavy atom. The molecule has 1 N–H and O–H groups in total. The van der Waals surface area contributed by atoms with Gasteiger partial charge in [-0.15, -0.1) is 0 Å². The summed E-state index contributed by atoms with van der Waals surface area (Å²) in [4.78, 5) is 16.8. The highest BCUT2D eigenvalue weighted by Gasteiger charge is 2.18. The quantitative estimate of drug-likeness (QED) is 0.867. The van der Waals surface area contributed by atoms with Crippen LogP contribution >= 0.6 is 11.6 Å². The summed E-state index contributed by atoms with van der Waals surface area (Å²) < 4.78 is 0. The van der Waals surface area contributed by atoms with Gasteiger partial charge in [0.15, 0.2) is 0 Å². The highest BCUT2D eigenvalue weighted by atomic mass is 35.5. The molecule has 23 heavy (non-hydrogen) atoms. The van der Waals surface area contributed by atoms with E-state index in [1.807, 2.05) is 24.3 Å². The van der Waals surface area contributed by atoms with Gasteiger partial charge in [-0.3, -0.25) is 4.79 Å². The number of rotatable bonds is 6. The van der Waals surface area contributed by atoms with E-state index in [-0.39, 0.29) is 5.91 Å². The number of carbonyl (C=O) groups is 1. The molecule has 0 radical (unpaired) electrons. The highest BCUT2D eigenvalue weighted by Crippen LogP contribution is 2.15. The summed E-state index contributed by atoms with van der Waals surface area (Å²) in [5, 5.41) is 3.68. The van der Waals surface area contributed by atoms with Crippen molar-refractivity contribution in [3.05, 3.63) is 34.9 Å². The number of hydrogen-bond acceptors (Lipinski definition) is 3. The van der Waals surface area contributed by atoms with Crippen LogP contribution in [0.25, 0.3) is 0 Å². The molecule has 2 rings (SSSR count). The van der Waals surface area contributed by atoms with Crippen LogP contribution in [0.3, 0.4) is 0 Å². The summed E-state index contributed by atoms with van der Waals surface area (Å²) in [5.74, 6) is 0.110. The Hall–Kier alpha value is -1.10. The van der Waals surface area contributed by atoms with Crippen LogP contribution in [-0.2, 0) is 11.3 Å². The molecule has 1 aliphatic heterocycles. The molecule has 0 bridgehead atoms. The number of hydrogen-bond donors (Lipinski definition) is 1. The lowest BCUT2D eigenvalue weighted by molar-refractivity contribution is -0.121. The molecule has 1 aliphatic rings. The van der Waals surface area contributed by atoms with Crippen molar-refractivity contribution in [1.82, 2.24) is 15.1 Å². The van der Waals surface area contributed by atoms with Crippen molar-refractivity contribution >= 4 is 17.5 Å². The number of carbonyl (C=O) groups excluding carboxylic acids is 1. The van der Waals surface area contributed by atoms with Gasteiger partial charge in [0.2, 0.25) is 5.91 Å². The predicted octanol–water partition coefficient (Wildman–Crippen LogP) is 2.76. The number of benzene rings is 1. The molecule has 1 heterocycles. The molecule has 5 heteroatoms. The van der Waals surface area contributed by atoms with Gasteiger partial charge in [-0.2, -0.15) is 0 Å². The molecular weight excluding hydrogens is 310 g/mol. The van der Waals surface area contributed by atoms with E-state index in [1.165, 1.54) is 19.3 Å². The zero-order chi connectivity index (χ0) is 16.7.